The molecule has 4 rings (SSSR count). The highest BCUT2D eigenvalue weighted by atomic mass is 32.2. The van der Waals surface area contributed by atoms with Crippen LogP contribution < -0.4 is 10.5 Å². The number of imidazole rings is 1. The summed E-state index contributed by atoms with van der Waals surface area (Å²) in [7, 11) is -3.63. The highest BCUT2D eigenvalue weighted by molar-refractivity contribution is 7.89. The van der Waals surface area contributed by atoms with Crippen LogP contribution in [0.25, 0.3) is 10.9 Å². The molecule has 3 aromatic rings. The van der Waals surface area contributed by atoms with Gasteiger partial charge < -0.3 is 14.6 Å². The van der Waals surface area contributed by atoms with Crippen LogP contribution in [0, 0.1) is 0 Å². The van der Waals surface area contributed by atoms with Crippen LogP contribution in [-0.2, 0) is 16.6 Å². The minimum absolute atomic E-state index is 0.0729. The van der Waals surface area contributed by atoms with Crippen molar-refractivity contribution >= 4 is 26.6 Å². The lowest BCUT2D eigenvalue weighted by Crippen LogP contribution is -2.48. The zero-order valence-electron chi connectivity index (χ0n) is 17.5. The second-order valence-electron chi connectivity index (χ2n) is 7.81. The Morgan fingerprint density at radius 1 is 1.10 bits per heavy atom. The van der Waals surface area contributed by atoms with Gasteiger partial charge in [0, 0.05) is 44.1 Å². The SMILES string of the molecule is CC(C)n1cnc(S(=O)(=O)N2CCN(c3ccc4c(=O)n(CCO)cnc4c3)CC2)c1. The van der Waals surface area contributed by atoms with Gasteiger partial charge in [0.25, 0.3) is 15.6 Å². The zero-order chi connectivity index (χ0) is 22.2. The molecule has 1 N–H and O–H groups in total. The normalized spacial score (nSPS) is 15.8. The Morgan fingerprint density at radius 2 is 1.84 bits per heavy atom. The summed E-state index contributed by atoms with van der Waals surface area (Å²) in [5.74, 6) is 0. The number of fused-ring (bicyclic) bond motifs is 1. The lowest BCUT2D eigenvalue weighted by Gasteiger charge is -2.35. The van der Waals surface area contributed by atoms with E-state index in [1.165, 1.54) is 15.2 Å². The van der Waals surface area contributed by atoms with Crippen LogP contribution in [0.4, 0.5) is 5.69 Å². The molecule has 10 nitrogen and oxygen atoms in total. The van der Waals surface area contributed by atoms with Gasteiger partial charge in [-0.25, -0.2) is 18.4 Å². The molecule has 0 unspecified atom stereocenters. The van der Waals surface area contributed by atoms with Crippen LogP contribution in [0.2, 0.25) is 0 Å². The molecular weight excluding hydrogens is 420 g/mol. The first-order valence-electron chi connectivity index (χ1n) is 10.2. The summed E-state index contributed by atoms with van der Waals surface area (Å²) in [6.07, 6.45) is 4.56. The fraction of sp³-hybridized carbons (Fsp3) is 0.450. The van der Waals surface area contributed by atoms with Crippen LogP contribution in [0.5, 0.6) is 0 Å². The topological polar surface area (TPSA) is 114 Å². The van der Waals surface area contributed by atoms with Crippen LogP contribution in [0.3, 0.4) is 0 Å². The number of nitrogens with zero attached hydrogens (tertiary/aromatic N) is 6. The van der Waals surface area contributed by atoms with E-state index >= 15 is 0 Å². The van der Waals surface area contributed by atoms with Gasteiger partial charge >= 0.3 is 0 Å². The quantitative estimate of drug-likeness (QED) is 0.592. The van der Waals surface area contributed by atoms with Crippen molar-refractivity contribution in [3.63, 3.8) is 0 Å². The van der Waals surface area contributed by atoms with E-state index in [9.17, 15) is 13.2 Å². The number of aromatic nitrogens is 4. The fourth-order valence-corrected chi connectivity index (χ4v) is 5.01. The Balaban J connectivity index is 1.49. The van der Waals surface area contributed by atoms with Gasteiger partial charge in [0.2, 0.25) is 0 Å². The molecule has 0 atom stereocenters. The Morgan fingerprint density at radius 3 is 2.48 bits per heavy atom. The summed E-state index contributed by atoms with van der Waals surface area (Å²) in [6, 6.07) is 5.57. The molecule has 1 saturated heterocycles. The molecule has 0 spiro atoms. The summed E-state index contributed by atoms with van der Waals surface area (Å²) in [4.78, 5) is 23.0. The smallest absolute Gasteiger partial charge is 0.262 e. The number of aliphatic hydroxyl groups is 1. The van der Waals surface area contributed by atoms with E-state index in [0.29, 0.717) is 37.1 Å². The van der Waals surface area contributed by atoms with Gasteiger partial charge in [-0.1, -0.05) is 0 Å². The summed E-state index contributed by atoms with van der Waals surface area (Å²) in [5.41, 5.74) is 1.27. The van der Waals surface area contributed by atoms with Gasteiger partial charge in [0.1, 0.15) is 0 Å². The maximum absolute atomic E-state index is 12.9. The van der Waals surface area contributed by atoms with E-state index in [0.717, 1.165) is 5.69 Å². The van der Waals surface area contributed by atoms with Crippen molar-refractivity contribution in [3.05, 3.63) is 47.4 Å². The molecule has 0 saturated carbocycles. The Labute approximate surface area is 180 Å². The molecule has 0 aliphatic carbocycles. The first-order chi connectivity index (χ1) is 14.8. The number of benzene rings is 1. The molecule has 1 fully saturated rings. The van der Waals surface area contributed by atoms with Gasteiger partial charge in [-0.2, -0.15) is 4.31 Å². The highest BCUT2D eigenvalue weighted by Crippen LogP contribution is 2.23. The molecule has 166 valence electrons. The molecular formula is C20H26N6O4S. The van der Waals surface area contributed by atoms with Crippen LogP contribution >= 0.6 is 0 Å². The molecule has 1 aromatic carbocycles. The van der Waals surface area contributed by atoms with Gasteiger partial charge in [0.15, 0.2) is 5.03 Å². The summed E-state index contributed by atoms with van der Waals surface area (Å²) < 4.78 is 30.5. The van der Waals surface area contributed by atoms with E-state index in [-0.39, 0.29) is 29.8 Å². The van der Waals surface area contributed by atoms with Crippen molar-refractivity contribution in [2.24, 2.45) is 0 Å². The maximum Gasteiger partial charge on any atom is 0.262 e. The Kier molecular flexibility index (Phi) is 5.82. The first-order valence-corrected chi connectivity index (χ1v) is 11.6. The number of sulfonamides is 1. The predicted octanol–water partition coefficient (Wildman–Crippen LogP) is 0.677. The third kappa shape index (κ3) is 4.08. The van der Waals surface area contributed by atoms with E-state index in [2.05, 4.69) is 14.9 Å². The van der Waals surface area contributed by atoms with E-state index in [1.54, 1.807) is 23.2 Å². The number of aliphatic hydroxyl groups excluding tert-OH is 1. The molecule has 3 heterocycles. The number of piperazine rings is 1. The van der Waals surface area contributed by atoms with E-state index < -0.39 is 10.0 Å². The second-order valence-corrected chi connectivity index (χ2v) is 9.70. The van der Waals surface area contributed by atoms with Gasteiger partial charge in [-0.15, -0.1) is 0 Å². The molecule has 31 heavy (non-hydrogen) atoms. The Bertz CT molecular complexity index is 1240. The second kappa shape index (κ2) is 8.40. The van der Waals surface area contributed by atoms with Crippen molar-refractivity contribution in [1.29, 1.82) is 0 Å². The van der Waals surface area contributed by atoms with Crippen LogP contribution in [0.15, 0.2) is 46.9 Å². The molecule has 0 amide bonds. The molecule has 0 bridgehead atoms. The lowest BCUT2D eigenvalue weighted by atomic mass is 10.2. The van der Waals surface area contributed by atoms with Crippen LogP contribution in [-0.4, -0.2) is 69.7 Å². The molecule has 0 radical (unpaired) electrons. The number of anilines is 1. The monoisotopic (exact) mass is 446 g/mol. The summed E-state index contributed by atoms with van der Waals surface area (Å²) in [6.45, 7) is 5.76. The average molecular weight is 447 g/mol. The highest BCUT2D eigenvalue weighted by Gasteiger charge is 2.30. The first kappa shape index (κ1) is 21.5. The lowest BCUT2D eigenvalue weighted by molar-refractivity contribution is 0.274. The van der Waals surface area contributed by atoms with Crippen molar-refractivity contribution in [1.82, 2.24) is 23.4 Å². The molecule has 11 heteroatoms. The number of hydrogen-bond donors (Lipinski definition) is 1. The van der Waals surface area contributed by atoms with Gasteiger partial charge in [0.05, 0.1) is 36.7 Å². The van der Waals surface area contributed by atoms with Crippen LogP contribution in [0.1, 0.15) is 19.9 Å². The summed E-state index contributed by atoms with van der Waals surface area (Å²) in [5, 5.41) is 9.62. The van der Waals surface area contributed by atoms with Crippen molar-refractivity contribution in [2.45, 2.75) is 31.5 Å². The van der Waals surface area contributed by atoms with E-state index in [4.69, 9.17) is 5.11 Å². The number of hydrogen-bond acceptors (Lipinski definition) is 7. The third-order valence-corrected chi connectivity index (χ3v) is 7.32. The van der Waals surface area contributed by atoms with E-state index in [1.807, 2.05) is 26.0 Å². The van der Waals surface area contributed by atoms with Crippen molar-refractivity contribution < 1.29 is 13.5 Å². The maximum atomic E-state index is 12.9. The minimum atomic E-state index is -3.63. The largest absolute Gasteiger partial charge is 0.395 e. The molecule has 2 aromatic heterocycles. The summed E-state index contributed by atoms with van der Waals surface area (Å²) >= 11 is 0. The average Bonchev–Trinajstić information content (AvgIpc) is 3.27. The molecule has 1 aliphatic rings. The zero-order valence-corrected chi connectivity index (χ0v) is 18.4. The fourth-order valence-electron chi connectivity index (χ4n) is 3.66. The predicted molar refractivity (Wildman–Crippen MR) is 117 cm³/mol. The number of rotatable bonds is 6. The molecule has 1 aliphatic heterocycles. The Hall–Kier alpha value is -2.76. The van der Waals surface area contributed by atoms with Gasteiger partial charge in [-0.05, 0) is 32.0 Å². The van der Waals surface area contributed by atoms with Gasteiger partial charge in [-0.3, -0.25) is 9.36 Å². The van der Waals surface area contributed by atoms with Crippen molar-refractivity contribution in [3.8, 4) is 0 Å². The standard InChI is InChI=1S/C20H26N6O4S/c1-15(2)25-12-19(22-14-25)31(29,30)26-7-5-23(6-8-26)16-3-4-17-18(11-16)21-13-24(9-10-27)20(17)28/h3-4,11-15,27H,5-10H2,1-2H3. The minimum Gasteiger partial charge on any atom is -0.395 e. The third-order valence-electron chi connectivity index (χ3n) is 5.53. The van der Waals surface area contributed by atoms with Crippen molar-refractivity contribution in [2.75, 3.05) is 37.7 Å².